The van der Waals surface area contributed by atoms with Crippen molar-refractivity contribution < 1.29 is 13.2 Å². The number of halogens is 1. The number of nitrogens with zero attached hydrogens (tertiary/aromatic N) is 1. The average molecular weight is 300 g/mol. The molecule has 4 nitrogen and oxygen atoms in total. The molecule has 2 aliphatic heterocycles. The van der Waals surface area contributed by atoms with E-state index in [4.69, 9.17) is 11.6 Å². The summed E-state index contributed by atoms with van der Waals surface area (Å²) in [6, 6.07) is 5.19. The standard InChI is InChI=1S/C13H14ClNO3S/c1-8-2-3-10(5-11(8)14)15-12-7-19(17,18)6-9(12)4-13(15)16/h2-3,5,9,12H,4,6-7H2,1H3/t9-,12-/m1/s1. The first-order valence-electron chi connectivity index (χ1n) is 6.16. The van der Waals surface area contributed by atoms with Gasteiger partial charge in [0.15, 0.2) is 9.84 Å². The van der Waals surface area contributed by atoms with Crippen LogP contribution >= 0.6 is 11.6 Å². The summed E-state index contributed by atoms with van der Waals surface area (Å²) in [6.07, 6.45) is 0.315. The van der Waals surface area contributed by atoms with Gasteiger partial charge in [-0.15, -0.1) is 0 Å². The molecule has 1 aromatic carbocycles. The minimum Gasteiger partial charge on any atom is -0.308 e. The zero-order valence-corrected chi connectivity index (χ0v) is 12.0. The molecule has 2 aliphatic rings. The van der Waals surface area contributed by atoms with Crippen molar-refractivity contribution in [3.05, 3.63) is 28.8 Å². The van der Waals surface area contributed by atoms with E-state index in [1.165, 1.54) is 0 Å². The van der Waals surface area contributed by atoms with Gasteiger partial charge in [0.25, 0.3) is 0 Å². The Morgan fingerprint density at radius 2 is 2.05 bits per heavy atom. The van der Waals surface area contributed by atoms with Gasteiger partial charge in [0.05, 0.1) is 17.5 Å². The smallest absolute Gasteiger partial charge is 0.227 e. The summed E-state index contributed by atoms with van der Waals surface area (Å²) in [5.74, 6) is 0.108. The van der Waals surface area contributed by atoms with Crippen LogP contribution in [0, 0.1) is 12.8 Å². The lowest BCUT2D eigenvalue weighted by atomic mass is 10.0. The van der Waals surface area contributed by atoms with Crippen molar-refractivity contribution >= 4 is 33.0 Å². The highest BCUT2D eigenvalue weighted by Crippen LogP contribution is 2.38. The van der Waals surface area contributed by atoms with Crippen LogP contribution in [0.2, 0.25) is 5.02 Å². The summed E-state index contributed by atoms with van der Waals surface area (Å²) in [7, 11) is -3.02. The van der Waals surface area contributed by atoms with E-state index in [1.807, 2.05) is 19.1 Å². The van der Waals surface area contributed by atoms with E-state index in [0.717, 1.165) is 5.56 Å². The lowest BCUT2D eigenvalue weighted by Crippen LogP contribution is -2.36. The van der Waals surface area contributed by atoms with E-state index in [0.29, 0.717) is 17.1 Å². The SMILES string of the molecule is Cc1ccc(N2C(=O)C[C@@H]3CS(=O)(=O)C[C@H]32)cc1Cl. The van der Waals surface area contributed by atoms with Crippen LogP contribution in [0.5, 0.6) is 0 Å². The van der Waals surface area contributed by atoms with Crippen molar-refractivity contribution in [2.45, 2.75) is 19.4 Å². The monoisotopic (exact) mass is 299 g/mol. The highest BCUT2D eigenvalue weighted by Gasteiger charge is 2.49. The zero-order chi connectivity index (χ0) is 13.8. The van der Waals surface area contributed by atoms with Gasteiger partial charge in [-0.2, -0.15) is 0 Å². The van der Waals surface area contributed by atoms with Crippen LogP contribution in [0.25, 0.3) is 0 Å². The van der Waals surface area contributed by atoms with E-state index in [2.05, 4.69) is 0 Å². The summed E-state index contributed by atoms with van der Waals surface area (Å²) in [6.45, 7) is 1.89. The predicted molar refractivity (Wildman–Crippen MR) is 74.2 cm³/mol. The summed E-state index contributed by atoms with van der Waals surface area (Å²) >= 11 is 6.08. The fraction of sp³-hybridized carbons (Fsp3) is 0.462. The second-order valence-corrected chi connectivity index (χ2v) is 7.87. The summed E-state index contributed by atoms with van der Waals surface area (Å²) < 4.78 is 23.4. The van der Waals surface area contributed by atoms with Crippen molar-refractivity contribution in [3.8, 4) is 0 Å². The van der Waals surface area contributed by atoms with Gasteiger partial charge in [-0.1, -0.05) is 17.7 Å². The van der Waals surface area contributed by atoms with Crippen LogP contribution in [0.4, 0.5) is 5.69 Å². The molecule has 2 saturated heterocycles. The topological polar surface area (TPSA) is 54.5 Å². The van der Waals surface area contributed by atoms with Crippen LogP contribution in [0.1, 0.15) is 12.0 Å². The quantitative estimate of drug-likeness (QED) is 0.794. The minimum atomic E-state index is -3.02. The molecule has 0 aromatic heterocycles. The number of carbonyl (C=O) groups is 1. The van der Waals surface area contributed by atoms with Crippen LogP contribution in [-0.2, 0) is 14.6 Å². The van der Waals surface area contributed by atoms with Crippen molar-refractivity contribution in [2.24, 2.45) is 5.92 Å². The third kappa shape index (κ3) is 2.15. The molecule has 0 radical (unpaired) electrons. The number of anilines is 1. The Hall–Kier alpha value is -1.07. The fourth-order valence-corrected chi connectivity index (χ4v) is 5.20. The summed E-state index contributed by atoms with van der Waals surface area (Å²) in [4.78, 5) is 13.7. The molecule has 0 N–H and O–H groups in total. The maximum Gasteiger partial charge on any atom is 0.227 e. The number of rotatable bonds is 1. The molecule has 2 atom stereocenters. The Balaban J connectivity index is 1.99. The molecule has 19 heavy (non-hydrogen) atoms. The van der Waals surface area contributed by atoms with Crippen molar-refractivity contribution in [1.29, 1.82) is 0 Å². The number of hydrogen-bond acceptors (Lipinski definition) is 3. The maximum absolute atomic E-state index is 12.1. The third-order valence-electron chi connectivity index (χ3n) is 3.91. The van der Waals surface area contributed by atoms with Crippen LogP contribution in [0.3, 0.4) is 0 Å². The van der Waals surface area contributed by atoms with Gasteiger partial charge in [0.1, 0.15) is 0 Å². The summed E-state index contributed by atoms with van der Waals surface area (Å²) in [5, 5.41) is 0.592. The van der Waals surface area contributed by atoms with Crippen LogP contribution < -0.4 is 4.90 Å². The molecular formula is C13H14ClNO3S. The molecule has 0 bridgehead atoms. The molecule has 2 heterocycles. The molecule has 0 saturated carbocycles. The average Bonchev–Trinajstić information content (AvgIpc) is 2.73. The van der Waals surface area contributed by atoms with Gasteiger partial charge >= 0.3 is 0 Å². The van der Waals surface area contributed by atoms with Gasteiger partial charge < -0.3 is 4.90 Å². The number of aryl methyl sites for hydroxylation is 1. The molecular weight excluding hydrogens is 286 g/mol. The van der Waals surface area contributed by atoms with Gasteiger partial charge in [-0.05, 0) is 24.6 Å². The van der Waals surface area contributed by atoms with Gasteiger partial charge in [-0.3, -0.25) is 4.79 Å². The van der Waals surface area contributed by atoms with Crippen LogP contribution in [-0.4, -0.2) is 31.9 Å². The highest BCUT2D eigenvalue weighted by atomic mass is 35.5. The molecule has 0 aliphatic carbocycles. The Labute approximate surface area is 117 Å². The number of carbonyl (C=O) groups excluding carboxylic acids is 1. The number of benzene rings is 1. The molecule has 0 unspecified atom stereocenters. The molecule has 3 rings (SSSR count). The lowest BCUT2D eigenvalue weighted by Gasteiger charge is -2.23. The first kappa shape index (κ1) is 12.9. The van der Waals surface area contributed by atoms with Gasteiger partial charge in [0.2, 0.25) is 5.91 Å². The lowest BCUT2D eigenvalue weighted by molar-refractivity contribution is -0.117. The van der Waals surface area contributed by atoms with Gasteiger partial charge in [-0.25, -0.2) is 8.42 Å². The normalized spacial score (nSPS) is 28.7. The molecule has 0 spiro atoms. The Kier molecular flexibility index (Phi) is 2.87. The second-order valence-electron chi connectivity index (χ2n) is 5.31. The highest BCUT2D eigenvalue weighted by molar-refractivity contribution is 7.91. The minimum absolute atomic E-state index is 0.00943. The van der Waals surface area contributed by atoms with Crippen molar-refractivity contribution in [3.63, 3.8) is 0 Å². The number of sulfone groups is 1. The molecule has 102 valence electrons. The molecule has 1 amide bonds. The largest absolute Gasteiger partial charge is 0.308 e. The molecule has 6 heteroatoms. The van der Waals surface area contributed by atoms with Crippen LogP contribution in [0.15, 0.2) is 18.2 Å². The third-order valence-corrected chi connectivity index (χ3v) is 6.10. The Morgan fingerprint density at radius 3 is 2.74 bits per heavy atom. The predicted octanol–water partition coefficient (Wildman–Crippen LogP) is 1.80. The molecule has 2 fully saturated rings. The first-order valence-corrected chi connectivity index (χ1v) is 8.36. The maximum atomic E-state index is 12.1. The van der Waals surface area contributed by atoms with E-state index in [9.17, 15) is 13.2 Å². The Bertz CT molecular complexity index is 656. The van der Waals surface area contributed by atoms with E-state index < -0.39 is 9.84 Å². The number of amides is 1. The Morgan fingerprint density at radius 1 is 1.32 bits per heavy atom. The molecule has 1 aromatic rings. The van der Waals surface area contributed by atoms with E-state index in [-0.39, 0.29) is 29.4 Å². The first-order chi connectivity index (χ1) is 8.87. The van der Waals surface area contributed by atoms with Crippen molar-refractivity contribution in [1.82, 2.24) is 0 Å². The zero-order valence-electron chi connectivity index (χ0n) is 10.5. The van der Waals surface area contributed by atoms with Gasteiger partial charge in [0, 0.05) is 23.0 Å². The number of fused-ring (bicyclic) bond motifs is 1. The van der Waals surface area contributed by atoms with Crippen molar-refractivity contribution in [2.75, 3.05) is 16.4 Å². The van der Waals surface area contributed by atoms with E-state index >= 15 is 0 Å². The second kappa shape index (κ2) is 4.21. The number of hydrogen-bond donors (Lipinski definition) is 0. The summed E-state index contributed by atoms with van der Waals surface area (Å²) in [5.41, 5.74) is 1.64. The van der Waals surface area contributed by atoms with E-state index in [1.54, 1.807) is 11.0 Å². The fourth-order valence-electron chi connectivity index (χ4n) is 2.96.